The van der Waals surface area contributed by atoms with Crippen LogP contribution < -0.4 is 4.74 Å². The summed E-state index contributed by atoms with van der Waals surface area (Å²) in [7, 11) is 0. The Hall–Kier alpha value is -1.27. The van der Waals surface area contributed by atoms with Gasteiger partial charge in [-0.2, -0.15) is 0 Å². The zero-order chi connectivity index (χ0) is 18.9. The number of ether oxygens (including phenoxy) is 2. The van der Waals surface area contributed by atoms with Gasteiger partial charge < -0.3 is 9.47 Å². The molecular formula is C20H29BrN2O3. The Kier molecular flexibility index (Phi) is 5.54. The maximum atomic E-state index is 12.6. The lowest BCUT2D eigenvalue weighted by molar-refractivity contribution is -0.00811. The number of carbonyl (C=O) groups excluding carboxylic acids is 1. The summed E-state index contributed by atoms with van der Waals surface area (Å²) in [6.45, 7) is 11.7. The molecule has 0 atom stereocenters. The molecule has 1 saturated carbocycles. The highest BCUT2D eigenvalue weighted by molar-refractivity contribution is 9.10. The number of rotatable bonds is 4. The molecule has 6 heteroatoms. The molecule has 26 heavy (non-hydrogen) atoms. The van der Waals surface area contributed by atoms with Crippen LogP contribution in [0.3, 0.4) is 0 Å². The van der Waals surface area contributed by atoms with E-state index in [-0.39, 0.29) is 11.6 Å². The molecule has 5 nitrogen and oxygen atoms in total. The summed E-state index contributed by atoms with van der Waals surface area (Å²) in [4.78, 5) is 17.0. The molecule has 1 amide bonds. The molecule has 1 aliphatic heterocycles. The van der Waals surface area contributed by atoms with Crippen molar-refractivity contribution in [3.05, 3.63) is 28.2 Å². The third kappa shape index (κ3) is 4.52. The fraction of sp³-hybridized carbons (Fsp3) is 0.650. The fourth-order valence-corrected chi connectivity index (χ4v) is 3.91. The number of piperazine rings is 1. The van der Waals surface area contributed by atoms with Gasteiger partial charge in [0.05, 0.1) is 12.1 Å². The molecule has 1 aromatic carbocycles. The Bertz CT molecular complexity index is 668. The third-order valence-electron chi connectivity index (χ3n) is 4.89. The average molecular weight is 425 g/mol. The summed E-state index contributed by atoms with van der Waals surface area (Å²) >= 11 is 3.65. The van der Waals surface area contributed by atoms with Crippen LogP contribution in [0, 0.1) is 0 Å². The first kappa shape index (κ1) is 19.5. The molecule has 0 aromatic heterocycles. The SMILES string of the molecule is CCOc1ccc(Br)c(CN2CCN(C(=O)OC(C)(C)C)C3(CC3)C2)c1. The van der Waals surface area contributed by atoms with E-state index < -0.39 is 5.60 Å². The summed E-state index contributed by atoms with van der Waals surface area (Å²) in [6.07, 6.45) is 1.94. The molecule has 0 radical (unpaired) electrons. The molecule has 1 aliphatic carbocycles. The first-order chi connectivity index (χ1) is 12.2. The monoisotopic (exact) mass is 424 g/mol. The van der Waals surface area contributed by atoms with Crippen LogP contribution in [0.15, 0.2) is 22.7 Å². The lowest BCUT2D eigenvalue weighted by atomic mass is 10.1. The van der Waals surface area contributed by atoms with E-state index in [1.54, 1.807) is 0 Å². The molecule has 3 rings (SSSR count). The van der Waals surface area contributed by atoms with Crippen LogP contribution in [0.2, 0.25) is 0 Å². The van der Waals surface area contributed by atoms with Crippen LogP contribution in [0.25, 0.3) is 0 Å². The first-order valence-electron chi connectivity index (χ1n) is 9.37. The largest absolute Gasteiger partial charge is 0.494 e. The minimum absolute atomic E-state index is 0.0371. The zero-order valence-electron chi connectivity index (χ0n) is 16.2. The number of amides is 1. The van der Waals surface area contributed by atoms with Crippen molar-refractivity contribution in [2.45, 2.75) is 58.2 Å². The van der Waals surface area contributed by atoms with Crippen LogP contribution in [0.1, 0.15) is 46.1 Å². The lowest BCUT2D eigenvalue weighted by Gasteiger charge is -2.42. The van der Waals surface area contributed by atoms with Gasteiger partial charge in [-0.05, 0) is 64.3 Å². The van der Waals surface area contributed by atoms with E-state index in [1.165, 1.54) is 5.56 Å². The second-order valence-electron chi connectivity index (χ2n) is 8.25. The maximum Gasteiger partial charge on any atom is 0.410 e. The van der Waals surface area contributed by atoms with Crippen molar-refractivity contribution < 1.29 is 14.3 Å². The Morgan fingerprint density at radius 1 is 1.27 bits per heavy atom. The maximum absolute atomic E-state index is 12.6. The van der Waals surface area contributed by atoms with E-state index in [9.17, 15) is 4.79 Å². The van der Waals surface area contributed by atoms with Crippen molar-refractivity contribution in [3.8, 4) is 5.75 Å². The highest BCUT2D eigenvalue weighted by Crippen LogP contribution is 2.45. The number of hydrogen-bond donors (Lipinski definition) is 0. The summed E-state index contributed by atoms with van der Waals surface area (Å²) < 4.78 is 12.3. The van der Waals surface area contributed by atoms with Crippen LogP contribution in [-0.4, -0.2) is 53.3 Å². The quantitative estimate of drug-likeness (QED) is 0.716. The molecule has 2 fully saturated rings. The van der Waals surface area contributed by atoms with Crippen molar-refractivity contribution in [2.75, 3.05) is 26.2 Å². The smallest absolute Gasteiger partial charge is 0.410 e. The van der Waals surface area contributed by atoms with Crippen molar-refractivity contribution in [1.82, 2.24) is 9.80 Å². The minimum atomic E-state index is -0.450. The van der Waals surface area contributed by atoms with E-state index >= 15 is 0 Å². The molecule has 1 aromatic rings. The van der Waals surface area contributed by atoms with Crippen LogP contribution in [0.4, 0.5) is 4.79 Å². The Balaban J connectivity index is 1.66. The molecule has 1 saturated heterocycles. The van der Waals surface area contributed by atoms with Crippen molar-refractivity contribution in [1.29, 1.82) is 0 Å². The highest BCUT2D eigenvalue weighted by Gasteiger charge is 2.54. The standard InChI is InChI=1S/C20H29BrN2O3/c1-5-25-16-6-7-17(21)15(12-16)13-22-10-11-23(20(14-22)8-9-20)18(24)26-19(2,3)4/h6-7,12H,5,8-11,13-14H2,1-4H3. The highest BCUT2D eigenvalue weighted by atomic mass is 79.9. The lowest BCUT2D eigenvalue weighted by Crippen LogP contribution is -2.57. The molecule has 1 spiro atoms. The average Bonchev–Trinajstić information content (AvgIpc) is 3.28. The molecule has 0 unspecified atom stereocenters. The number of nitrogens with zero attached hydrogens (tertiary/aromatic N) is 2. The fourth-order valence-electron chi connectivity index (χ4n) is 3.54. The van der Waals surface area contributed by atoms with Crippen LogP contribution in [-0.2, 0) is 11.3 Å². The van der Waals surface area contributed by atoms with E-state index in [0.29, 0.717) is 6.61 Å². The van der Waals surface area contributed by atoms with Gasteiger partial charge in [0.25, 0.3) is 0 Å². The van der Waals surface area contributed by atoms with Gasteiger partial charge in [0.1, 0.15) is 11.4 Å². The number of benzene rings is 1. The summed E-state index contributed by atoms with van der Waals surface area (Å²) in [6, 6.07) is 6.14. The number of halogens is 1. The zero-order valence-corrected chi connectivity index (χ0v) is 17.8. The molecule has 144 valence electrons. The Labute approximate surface area is 164 Å². The van der Waals surface area contributed by atoms with E-state index in [1.807, 2.05) is 44.7 Å². The topological polar surface area (TPSA) is 42.0 Å². The normalized spacial score (nSPS) is 19.5. The van der Waals surface area contributed by atoms with Gasteiger partial charge in [0.2, 0.25) is 0 Å². The second-order valence-corrected chi connectivity index (χ2v) is 9.11. The summed E-state index contributed by atoms with van der Waals surface area (Å²) in [5, 5.41) is 0. The predicted molar refractivity (Wildman–Crippen MR) is 105 cm³/mol. The van der Waals surface area contributed by atoms with Gasteiger partial charge >= 0.3 is 6.09 Å². The van der Waals surface area contributed by atoms with Crippen molar-refractivity contribution in [2.24, 2.45) is 0 Å². The third-order valence-corrected chi connectivity index (χ3v) is 5.67. The minimum Gasteiger partial charge on any atom is -0.494 e. The van der Waals surface area contributed by atoms with E-state index in [2.05, 4.69) is 26.9 Å². The second kappa shape index (κ2) is 7.39. The summed E-state index contributed by atoms with van der Waals surface area (Å²) in [5.74, 6) is 0.902. The van der Waals surface area contributed by atoms with Crippen molar-refractivity contribution in [3.63, 3.8) is 0 Å². The van der Waals surface area contributed by atoms with Crippen molar-refractivity contribution >= 4 is 22.0 Å². The molecule has 1 heterocycles. The van der Waals surface area contributed by atoms with Gasteiger partial charge in [-0.15, -0.1) is 0 Å². The van der Waals surface area contributed by atoms with Gasteiger partial charge in [-0.1, -0.05) is 15.9 Å². The van der Waals surface area contributed by atoms with Gasteiger partial charge in [-0.25, -0.2) is 4.79 Å². The molecular weight excluding hydrogens is 396 g/mol. The summed E-state index contributed by atoms with van der Waals surface area (Å²) in [5.41, 5.74) is 0.733. The van der Waals surface area contributed by atoms with Gasteiger partial charge in [0, 0.05) is 30.7 Å². The van der Waals surface area contributed by atoms with Gasteiger partial charge in [-0.3, -0.25) is 9.80 Å². The Morgan fingerprint density at radius 2 is 2.00 bits per heavy atom. The molecule has 2 aliphatic rings. The van der Waals surface area contributed by atoms with E-state index in [4.69, 9.17) is 9.47 Å². The Morgan fingerprint density at radius 3 is 2.62 bits per heavy atom. The molecule has 0 bridgehead atoms. The number of hydrogen-bond acceptors (Lipinski definition) is 4. The predicted octanol–water partition coefficient (Wildman–Crippen LogP) is 4.43. The molecule has 0 N–H and O–H groups in total. The van der Waals surface area contributed by atoms with E-state index in [0.717, 1.165) is 49.2 Å². The van der Waals surface area contributed by atoms with Crippen LogP contribution in [0.5, 0.6) is 5.75 Å². The number of carbonyl (C=O) groups is 1. The van der Waals surface area contributed by atoms with Crippen LogP contribution >= 0.6 is 15.9 Å². The first-order valence-corrected chi connectivity index (χ1v) is 10.2. The van der Waals surface area contributed by atoms with Gasteiger partial charge in [0.15, 0.2) is 0 Å².